The second kappa shape index (κ2) is 5.63. The molecule has 0 atom stereocenters. The summed E-state index contributed by atoms with van der Waals surface area (Å²) in [7, 11) is 0. The Labute approximate surface area is 123 Å². The number of benzene rings is 2. The summed E-state index contributed by atoms with van der Waals surface area (Å²) in [5.74, 6) is -5.59. The smallest absolute Gasteiger partial charge is 0.168 e. The molecule has 0 saturated heterocycles. The van der Waals surface area contributed by atoms with Crippen molar-refractivity contribution in [3.63, 3.8) is 0 Å². The zero-order chi connectivity index (χ0) is 15.7. The number of halogens is 4. The first kappa shape index (κ1) is 14.3. The minimum atomic E-state index is -1.47. The van der Waals surface area contributed by atoms with Crippen molar-refractivity contribution in [2.45, 2.75) is 6.61 Å². The van der Waals surface area contributed by atoms with Crippen LogP contribution >= 0.6 is 0 Å². The normalized spacial score (nSPS) is 10.9. The van der Waals surface area contributed by atoms with Gasteiger partial charge in [0, 0.05) is 17.6 Å². The molecular weight excluding hydrogens is 298 g/mol. The van der Waals surface area contributed by atoms with Gasteiger partial charge in [0.05, 0.1) is 5.56 Å². The second-order valence-corrected chi connectivity index (χ2v) is 4.57. The van der Waals surface area contributed by atoms with Gasteiger partial charge < -0.3 is 4.74 Å². The van der Waals surface area contributed by atoms with Crippen LogP contribution in [-0.4, -0.2) is 4.98 Å². The largest absolute Gasteiger partial charge is 0.486 e. The lowest BCUT2D eigenvalue weighted by Crippen LogP contribution is -2.07. The molecule has 112 valence electrons. The van der Waals surface area contributed by atoms with E-state index in [-0.39, 0.29) is 11.8 Å². The molecule has 0 amide bonds. The van der Waals surface area contributed by atoms with Crippen LogP contribution in [0, 0.1) is 23.3 Å². The number of rotatable bonds is 3. The Morgan fingerprint density at radius 3 is 2.32 bits per heavy atom. The number of ether oxygens (including phenoxy) is 1. The fourth-order valence-corrected chi connectivity index (χ4v) is 2.09. The third-order valence-corrected chi connectivity index (χ3v) is 3.17. The molecule has 22 heavy (non-hydrogen) atoms. The van der Waals surface area contributed by atoms with Gasteiger partial charge in [-0.3, -0.25) is 4.98 Å². The quantitative estimate of drug-likeness (QED) is 0.529. The first-order valence-electron chi connectivity index (χ1n) is 6.36. The molecule has 0 aliphatic heterocycles. The number of pyridine rings is 1. The number of fused-ring (bicyclic) bond motifs is 1. The summed E-state index contributed by atoms with van der Waals surface area (Å²) in [6.07, 6.45) is 1.54. The molecule has 1 aromatic heterocycles. The zero-order valence-corrected chi connectivity index (χ0v) is 11.1. The van der Waals surface area contributed by atoms with Crippen LogP contribution < -0.4 is 4.74 Å². The van der Waals surface area contributed by atoms with Crippen molar-refractivity contribution in [2.24, 2.45) is 0 Å². The molecule has 0 N–H and O–H groups in total. The SMILES string of the molecule is Fc1cc(F)c(F)c(COc2cccc3cccnc23)c1F. The van der Waals surface area contributed by atoms with E-state index in [0.717, 1.165) is 5.39 Å². The molecule has 0 bridgehead atoms. The van der Waals surface area contributed by atoms with Crippen LogP contribution in [0.2, 0.25) is 0 Å². The van der Waals surface area contributed by atoms with E-state index >= 15 is 0 Å². The fraction of sp³-hybridized carbons (Fsp3) is 0.0625. The topological polar surface area (TPSA) is 22.1 Å². The Morgan fingerprint density at radius 2 is 1.59 bits per heavy atom. The van der Waals surface area contributed by atoms with Gasteiger partial charge >= 0.3 is 0 Å². The third kappa shape index (κ3) is 2.47. The molecule has 0 saturated carbocycles. The van der Waals surface area contributed by atoms with Crippen molar-refractivity contribution < 1.29 is 22.3 Å². The van der Waals surface area contributed by atoms with E-state index in [1.807, 2.05) is 0 Å². The molecule has 0 spiro atoms. The van der Waals surface area contributed by atoms with Crippen LogP contribution in [0.25, 0.3) is 10.9 Å². The number of para-hydroxylation sites is 1. The summed E-state index contributed by atoms with van der Waals surface area (Å²) < 4.78 is 58.8. The predicted molar refractivity (Wildman–Crippen MR) is 72.3 cm³/mol. The van der Waals surface area contributed by atoms with E-state index < -0.39 is 35.4 Å². The molecule has 0 aliphatic carbocycles. The highest BCUT2D eigenvalue weighted by Crippen LogP contribution is 2.26. The number of nitrogens with zero attached hydrogens (tertiary/aromatic N) is 1. The Kier molecular flexibility index (Phi) is 3.66. The maximum absolute atomic E-state index is 13.6. The average molecular weight is 307 g/mol. The highest BCUT2D eigenvalue weighted by Gasteiger charge is 2.19. The van der Waals surface area contributed by atoms with Crippen molar-refractivity contribution in [1.29, 1.82) is 0 Å². The van der Waals surface area contributed by atoms with Crippen LogP contribution in [0.15, 0.2) is 42.6 Å². The van der Waals surface area contributed by atoms with Gasteiger partial charge in [-0.05, 0) is 12.1 Å². The van der Waals surface area contributed by atoms with E-state index in [9.17, 15) is 17.6 Å². The highest BCUT2D eigenvalue weighted by atomic mass is 19.2. The average Bonchev–Trinajstić information content (AvgIpc) is 2.53. The van der Waals surface area contributed by atoms with Gasteiger partial charge in [0.25, 0.3) is 0 Å². The van der Waals surface area contributed by atoms with E-state index in [0.29, 0.717) is 5.52 Å². The molecule has 6 heteroatoms. The highest BCUT2D eigenvalue weighted by molar-refractivity contribution is 5.84. The van der Waals surface area contributed by atoms with Crippen molar-refractivity contribution >= 4 is 10.9 Å². The molecule has 0 fully saturated rings. The predicted octanol–water partition coefficient (Wildman–Crippen LogP) is 4.37. The lowest BCUT2D eigenvalue weighted by atomic mass is 10.2. The Bertz CT molecular complexity index is 819. The van der Waals surface area contributed by atoms with Gasteiger partial charge in [0.15, 0.2) is 23.3 Å². The van der Waals surface area contributed by atoms with E-state index in [2.05, 4.69) is 4.98 Å². The Morgan fingerprint density at radius 1 is 0.909 bits per heavy atom. The van der Waals surface area contributed by atoms with Crippen LogP contribution in [0.4, 0.5) is 17.6 Å². The van der Waals surface area contributed by atoms with Gasteiger partial charge in [-0.2, -0.15) is 0 Å². The van der Waals surface area contributed by atoms with E-state index in [4.69, 9.17) is 4.74 Å². The van der Waals surface area contributed by atoms with Crippen LogP contribution in [0.1, 0.15) is 5.56 Å². The van der Waals surface area contributed by atoms with Gasteiger partial charge in [-0.15, -0.1) is 0 Å². The van der Waals surface area contributed by atoms with Gasteiger partial charge in [0.1, 0.15) is 17.9 Å². The lowest BCUT2D eigenvalue weighted by Gasteiger charge is -2.10. The first-order chi connectivity index (χ1) is 10.6. The molecule has 0 unspecified atom stereocenters. The molecular formula is C16H9F4NO. The van der Waals surface area contributed by atoms with E-state index in [1.54, 1.807) is 30.3 Å². The van der Waals surface area contributed by atoms with Crippen LogP contribution in [0.5, 0.6) is 5.75 Å². The summed E-state index contributed by atoms with van der Waals surface area (Å²) in [5.41, 5.74) is -0.312. The Balaban J connectivity index is 1.95. The van der Waals surface area contributed by atoms with Crippen LogP contribution in [-0.2, 0) is 6.61 Å². The molecule has 0 radical (unpaired) electrons. The van der Waals surface area contributed by atoms with Gasteiger partial charge in [-0.25, -0.2) is 17.6 Å². The summed E-state index contributed by atoms with van der Waals surface area (Å²) in [4.78, 5) is 4.11. The number of aromatic nitrogens is 1. The van der Waals surface area contributed by atoms with E-state index in [1.165, 1.54) is 6.20 Å². The summed E-state index contributed by atoms with van der Waals surface area (Å²) in [5, 5.41) is 0.770. The van der Waals surface area contributed by atoms with Crippen molar-refractivity contribution in [2.75, 3.05) is 0 Å². The number of hydrogen-bond acceptors (Lipinski definition) is 2. The molecule has 1 heterocycles. The molecule has 2 nitrogen and oxygen atoms in total. The third-order valence-electron chi connectivity index (χ3n) is 3.17. The standard InChI is InChI=1S/C16H9F4NO/c17-11-7-12(18)15(20)10(14(11)19)8-22-13-5-1-3-9-4-2-6-21-16(9)13/h1-7H,8H2. The molecule has 2 aromatic carbocycles. The zero-order valence-electron chi connectivity index (χ0n) is 11.1. The Hall–Kier alpha value is -2.63. The molecule has 0 aliphatic rings. The fourth-order valence-electron chi connectivity index (χ4n) is 2.09. The maximum atomic E-state index is 13.6. The maximum Gasteiger partial charge on any atom is 0.168 e. The second-order valence-electron chi connectivity index (χ2n) is 4.57. The lowest BCUT2D eigenvalue weighted by molar-refractivity contribution is 0.288. The van der Waals surface area contributed by atoms with Crippen molar-refractivity contribution in [3.8, 4) is 5.75 Å². The minimum absolute atomic E-state index is 0.160. The van der Waals surface area contributed by atoms with Crippen LogP contribution in [0.3, 0.4) is 0 Å². The molecule has 3 aromatic rings. The summed E-state index contributed by atoms with van der Waals surface area (Å²) in [6.45, 7) is -0.651. The van der Waals surface area contributed by atoms with Crippen molar-refractivity contribution in [1.82, 2.24) is 4.98 Å². The summed E-state index contributed by atoms with van der Waals surface area (Å²) in [6, 6.07) is 8.70. The summed E-state index contributed by atoms with van der Waals surface area (Å²) >= 11 is 0. The first-order valence-corrected chi connectivity index (χ1v) is 6.36. The molecule has 3 rings (SSSR count). The minimum Gasteiger partial charge on any atom is -0.486 e. The van der Waals surface area contributed by atoms with Gasteiger partial charge in [0.2, 0.25) is 0 Å². The van der Waals surface area contributed by atoms with Crippen molar-refractivity contribution in [3.05, 3.63) is 71.4 Å². The number of hydrogen-bond donors (Lipinski definition) is 0. The van der Waals surface area contributed by atoms with Gasteiger partial charge in [-0.1, -0.05) is 18.2 Å². The monoisotopic (exact) mass is 307 g/mol.